The maximum absolute atomic E-state index is 9.20. The van der Waals surface area contributed by atoms with Crippen molar-refractivity contribution < 1.29 is 5.11 Å². The third-order valence-corrected chi connectivity index (χ3v) is 2.83. The molecular formula is C13H26O. The normalized spacial score (nSPS) is 14.4. The summed E-state index contributed by atoms with van der Waals surface area (Å²) in [7, 11) is 0. The van der Waals surface area contributed by atoms with Crippen LogP contribution in [0.25, 0.3) is 0 Å². The molecule has 0 spiro atoms. The van der Waals surface area contributed by atoms with Crippen LogP contribution in [0.4, 0.5) is 0 Å². The maximum Gasteiger partial charge on any atom is 0.0462 e. The van der Waals surface area contributed by atoms with E-state index in [1.165, 1.54) is 37.7 Å². The zero-order chi connectivity index (χ0) is 10.8. The summed E-state index contributed by atoms with van der Waals surface area (Å²) >= 11 is 0. The second-order valence-electron chi connectivity index (χ2n) is 4.24. The summed E-state index contributed by atoms with van der Waals surface area (Å²) in [6.45, 7) is 6.79. The molecule has 1 heteroatoms. The molecule has 0 aliphatic heterocycles. The first-order chi connectivity index (χ1) is 6.74. The molecule has 0 rings (SSSR count). The van der Waals surface area contributed by atoms with Gasteiger partial charge in [0.15, 0.2) is 0 Å². The Labute approximate surface area is 89.2 Å². The summed E-state index contributed by atoms with van der Waals surface area (Å²) in [5.74, 6) is 0.489. The van der Waals surface area contributed by atoms with Crippen molar-refractivity contribution in [1.82, 2.24) is 0 Å². The van der Waals surface area contributed by atoms with Gasteiger partial charge in [0.1, 0.15) is 0 Å². The quantitative estimate of drug-likeness (QED) is 0.463. The Morgan fingerprint density at radius 2 is 2.00 bits per heavy atom. The third kappa shape index (κ3) is 7.14. The zero-order valence-corrected chi connectivity index (χ0v) is 10.1. The molecule has 1 nitrogen and oxygen atoms in total. The predicted octanol–water partition coefficient (Wildman–Crippen LogP) is 3.92. The van der Waals surface area contributed by atoms with Gasteiger partial charge >= 0.3 is 0 Å². The minimum Gasteiger partial charge on any atom is -0.396 e. The average Bonchev–Trinajstić information content (AvgIpc) is 2.22. The second-order valence-corrected chi connectivity index (χ2v) is 4.24. The van der Waals surface area contributed by atoms with E-state index in [1.54, 1.807) is 0 Å². The molecule has 1 unspecified atom stereocenters. The summed E-state index contributed by atoms with van der Waals surface area (Å²) in [6, 6.07) is 0. The van der Waals surface area contributed by atoms with Crippen molar-refractivity contribution in [3.05, 3.63) is 11.6 Å². The van der Waals surface area contributed by atoms with E-state index in [0.717, 1.165) is 6.42 Å². The molecule has 1 N–H and O–H groups in total. The monoisotopic (exact) mass is 198 g/mol. The Morgan fingerprint density at radius 3 is 2.50 bits per heavy atom. The predicted molar refractivity (Wildman–Crippen MR) is 63.4 cm³/mol. The number of aliphatic hydroxyl groups excluding tert-OH is 1. The Balaban J connectivity index is 3.58. The Bertz CT molecular complexity index is 149. The van der Waals surface area contributed by atoms with Gasteiger partial charge < -0.3 is 5.11 Å². The minimum atomic E-state index is 0.345. The van der Waals surface area contributed by atoms with Crippen molar-refractivity contribution in [1.29, 1.82) is 0 Å². The second kappa shape index (κ2) is 9.26. The van der Waals surface area contributed by atoms with Crippen LogP contribution in [0.5, 0.6) is 0 Å². The highest BCUT2D eigenvalue weighted by molar-refractivity contribution is 4.96. The number of allylic oxidation sites excluding steroid dienone is 2. The lowest BCUT2D eigenvalue weighted by atomic mass is 9.95. The summed E-state index contributed by atoms with van der Waals surface area (Å²) in [5.41, 5.74) is 1.40. The molecule has 0 aromatic rings. The highest BCUT2D eigenvalue weighted by Crippen LogP contribution is 2.18. The SMILES string of the molecule is CC=C(C)CC(CO)CCCCCC. The lowest BCUT2D eigenvalue weighted by Gasteiger charge is -2.13. The average molecular weight is 198 g/mol. The van der Waals surface area contributed by atoms with Gasteiger partial charge in [0.05, 0.1) is 0 Å². The summed E-state index contributed by atoms with van der Waals surface area (Å²) in [4.78, 5) is 0. The zero-order valence-electron chi connectivity index (χ0n) is 10.1. The van der Waals surface area contributed by atoms with Crippen molar-refractivity contribution in [2.24, 2.45) is 5.92 Å². The molecule has 0 radical (unpaired) electrons. The van der Waals surface area contributed by atoms with Crippen molar-refractivity contribution in [3.8, 4) is 0 Å². The number of hydrogen-bond donors (Lipinski definition) is 1. The molecular weight excluding hydrogens is 172 g/mol. The van der Waals surface area contributed by atoms with Gasteiger partial charge in [-0.2, -0.15) is 0 Å². The first-order valence-corrected chi connectivity index (χ1v) is 5.97. The van der Waals surface area contributed by atoms with Gasteiger partial charge in [0.2, 0.25) is 0 Å². The molecule has 0 saturated carbocycles. The van der Waals surface area contributed by atoms with Crippen molar-refractivity contribution in [3.63, 3.8) is 0 Å². The lowest BCUT2D eigenvalue weighted by Crippen LogP contribution is -2.06. The summed E-state index contributed by atoms with van der Waals surface area (Å²) in [5, 5.41) is 9.20. The topological polar surface area (TPSA) is 20.2 Å². The summed E-state index contributed by atoms with van der Waals surface area (Å²) in [6.07, 6.45) is 9.62. The largest absolute Gasteiger partial charge is 0.396 e. The van der Waals surface area contributed by atoms with Crippen LogP contribution in [0.2, 0.25) is 0 Å². The van der Waals surface area contributed by atoms with Crippen LogP contribution in [-0.4, -0.2) is 11.7 Å². The fourth-order valence-electron chi connectivity index (χ4n) is 1.69. The smallest absolute Gasteiger partial charge is 0.0462 e. The Morgan fingerprint density at radius 1 is 1.29 bits per heavy atom. The minimum absolute atomic E-state index is 0.345. The van der Waals surface area contributed by atoms with E-state index in [1.807, 2.05) is 0 Å². The van der Waals surface area contributed by atoms with E-state index in [2.05, 4.69) is 26.8 Å². The van der Waals surface area contributed by atoms with Crippen LogP contribution in [0, 0.1) is 5.92 Å². The molecule has 1 atom stereocenters. The van der Waals surface area contributed by atoms with Crippen molar-refractivity contribution in [2.75, 3.05) is 6.61 Å². The molecule has 0 amide bonds. The fraction of sp³-hybridized carbons (Fsp3) is 0.846. The van der Waals surface area contributed by atoms with Crippen molar-refractivity contribution in [2.45, 2.75) is 59.3 Å². The van der Waals surface area contributed by atoms with Gasteiger partial charge in [0.25, 0.3) is 0 Å². The molecule has 84 valence electrons. The number of rotatable bonds is 8. The van der Waals surface area contributed by atoms with Gasteiger partial charge in [-0.25, -0.2) is 0 Å². The van der Waals surface area contributed by atoms with Crippen LogP contribution >= 0.6 is 0 Å². The standard InChI is InChI=1S/C13H26O/c1-4-6-7-8-9-13(11-14)10-12(3)5-2/h5,13-14H,4,6-11H2,1-3H3. The van der Waals surface area contributed by atoms with Crippen LogP contribution < -0.4 is 0 Å². The van der Waals surface area contributed by atoms with Gasteiger partial charge in [-0.1, -0.05) is 44.3 Å². The number of hydrogen-bond acceptors (Lipinski definition) is 1. The van der Waals surface area contributed by atoms with Crippen LogP contribution in [0.15, 0.2) is 11.6 Å². The van der Waals surface area contributed by atoms with Crippen molar-refractivity contribution >= 4 is 0 Å². The number of aliphatic hydroxyl groups is 1. The Kier molecular flexibility index (Phi) is 9.06. The molecule has 0 fully saturated rings. The molecule has 0 heterocycles. The molecule has 0 aromatic heterocycles. The molecule has 0 bridgehead atoms. The van der Waals surface area contributed by atoms with E-state index < -0.39 is 0 Å². The van der Waals surface area contributed by atoms with E-state index >= 15 is 0 Å². The summed E-state index contributed by atoms with van der Waals surface area (Å²) < 4.78 is 0. The van der Waals surface area contributed by atoms with Gasteiger partial charge in [0, 0.05) is 6.61 Å². The van der Waals surface area contributed by atoms with Crippen LogP contribution in [0.3, 0.4) is 0 Å². The van der Waals surface area contributed by atoms with E-state index in [0.29, 0.717) is 12.5 Å². The fourth-order valence-corrected chi connectivity index (χ4v) is 1.69. The molecule has 0 saturated heterocycles. The van der Waals surface area contributed by atoms with Gasteiger partial charge in [-0.05, 0) is 32.6 Å². The lowest BCUT2D eigenvalue weighted by molar-refractivity contribution is 0.214. The number of unbranched alkanes of at least 4 members (excludes halogenated alkanes) is 3. The van der Waals surface area contributed by atoms with Crippen LogP contribution in [0.1, 0.15) is 59.3 Å². The van der Waals surface area contributed by atoms with E-state index in [-0.39, 0.29) is 0 Å². The van der Waals surface area contributed by atoms with E-state index in [9.17, 15) is 5.11 Å². The first-order valence-electron chi connectivity index (χ1n) is 5.97. The first kappa shape index (κ1) is 13.7. The molecule has 0 aliphatic carbocycles. The Hall–Kier alpha value is -0.300. The highest BCUT2D eigenvalue weighted by Gasteiger charge is 2.07. The molecule has 0 aliphatic rings. The van der Waals surface area contributed by atoms with Gasteiger partial charge in [-0.3, -0.25) is 0 Å². The van der Waals surface area contributed by atoms with Gasteiger partial charge in [-0.15, -0.1) is 0 Å². The maximum atomic E-state index is 9.20. The molecule has 14 heavy (non-hydrogen) atoms. The van der Waals surface area contributed by atoms with E-state index in [4.69, 9.17) is 0 Å². The highest BCUT2D eigenvalue weighted by atomic mass is 16.3. The molecule has 0 aromatic carbocycles. The van der Waals surface area contributed by atoms with Crippen LogP contribution in [-0.2, 0) is 0 Å². The third-order valence-electron chi connectivity index (χ3n) is 2.83.